The minimum atomic E-state index is -0.213. The summed E-state index contributed by atoms with van der Waals surface area (Å²) in [6.45, 7) is 5.51. The molecule has 0 amide bonds. The van der Waals surface area contributed by atoms with Crippen LogP contribution in [0.1, 0.15) is 52.4 Å². The third-order valence-corrected chi connectivity index (χ3v) is 4.72. The van der Waals surface area contributed by atoms with E-state index in [-0.39, 0.29) is 12.2 Å². The first-order chi connectivity index (χ1) is 7.68. The fraction of sp³-hybridized carbons (Fsp3) is 1.00. The van der Waals surface area contributed by atoms with Crippen molar-refractivity contribution in [1.82, 2.24) is 0 Å². The molecule has 1 saturated heterocycles. The first-order valence-electron chi connectivity index (χ1n) is 6.98. The molecule has 94 valence electrons. The third kappa shape index (κ3) is 2.78. The highest BCUT2D eigenvalue weighted by molar-refractivity contribution is 4.84. The van der Waals surface area contributed by atoms with Gasteiger partial charge >= 0.3 is 0 Å². The van der Waals surface area contributed by atoms with Crippen molar-refractivity contribution in [3.05, 3.63) is 0 Å². The third-order valence-electron chi connectivity index (χ3n) is 4.72. The zero-order valence-electron chi connectivity index (χ0n) is 10.7. The van der Waals surface area contributed by atoms with E-state index in [1.54, 1.807) is 0 Å². The van der Waals surface area contributed by atoms with Gasteiger partial charge in [-0.05, 0) is 49.9 Å². The van der Waals surface area contributed by atoms with Crippen molar-refractivity contribution in [2.75, 3.05) is 6.61 Å². The second-order valence-electron chi connectivity index (χ2n) is 5.92. The molecule has 1 aliphatic heterocycles. The molecule has 5 atom stereocenters. The summed E-state index contributed by atoms with van der Waals surface area (Å²) in [6.07, 6.45) is 7.00. The summed E-state index contributed by atoms with van der Waals surface area (Å²) in [6, 6.07) is 0. The van der Waals surface area contributed by atoms with Crippen LogP contribution in [0.15, 0.2) is 0 Å². The van der Waals surface area contributed by atoms with E-state index in [0.29, 0.717) is 5.92 Å². The molecular weight excluding hydrogens is 200 g/mol. The SMILES string of the molecule is CC1CCC(C(O)C2CCCCO2)CC1C. The molecule has 2 aliphatic rings. The summed E-state index contributed by atoms with van der Waals surface area (Å²) in [7, 11) is 0. The van der Waals surface area contributed by atoms with Crippen molar-refractivity contribution in [2.24, 2.45) is 17.8 Å². The van der Waals surface area contributed by atoms with E-state index >= 15 is 0 Å². The second-order valence-corrected chi connectivity index (χ2v) is 5.92. The fourth-order valence-electron chi connectivity index (χ4n) is 3.24. The standard InChI is InChI=1S/C14H26O2/c1-10-6-7-12(9-11(10)2)14(15)13-5-3-4-8-16-13/h10-15H,3-9H2,1-2H3. The lowest BCUT2D eigenvalue weighted by Gasteiger charge is -2.38. The van der Waals surface area contributed by atoms with Crippen LogP contribution < -0.4 is 0 Å². The van der Waals surface area contributed by atoms with Crippen molar-refractivity contribution in [3.63, 3.8) is 0 Å². The fourth-order valence-corrected chi connectivity index (χ4v) is 3.24. The number of hydrogen-bond acceptors (Lipinski definition) is 2. The molecule has 0 radical (unpaired) electrons. The lowest BCUT2D eigenvalue weighted by molar-refractivity contribution is -0.0933. The first-order valence-corrected chi connectivity index (χ1v) is 6.98. The zero-order valence-corrected chi connectivity index (χ0v) is 10.7. The number of ether oxygens (including phenoxy) is 1. The molecule has 1 heterocycles. The molecule has 16 heavy (non-hydrogen) atoms. The van der Waals surface area contributed by atoms with Gasteiger partial charge in [-0.15, -0.1) is 0 Å². The number of aliphatic hydroxyl groups is 1. The molecule has 2 heteroatoms. The molecule has 0 aromatic rings. The van der Waals surface area contributed by atoms with Crippen molar-refractivity contribution < 1.29 is 9.84 Å². The smallest absolute Gasteiger partial charge is 0.0836 e. The van der Waals surface area contributed by atoms with Gasteiger partial charge in [0.25, 0.3) is 0 Å². The van der Waals surface area contributed by atoms with Crippen LogP contribution in [0.2, 0.25) is 0 Å². The molecule has 2 rings (SSSR count). The monoisotopic (exact) mass is 226 g/mol. The summed E-state index contributed by atoms with van der Waals surface area (Å²) in [4.78, 5) is 0. The summed E-state index contributed by atoms with van der Waals surface area (Å²) in [5.41, 5.74) is 0. The number of aliphatic hydroxyl groups excluding tert-OH is 1. The normalized spacial score (nSPS) is 42.9. The minimum Gasteiger partial charge on any atom is -0.390 e. The predicted molar refractivity (Wildman–Crippen MR) is 65.3 cm³/mol. The van der Waals surface area contributed by atoms with Crippen LogP contribution in [0, 0.1) is 17.8 Å². The van der Waals surface area contributed by atoms with Crippen LogP contribution >= 0.6 is 0 Å². The van der Waals surface area contributed by atoms with Gasteiger partial charge in [0.15, 0.2) is 0 Å². The molecule has 0 spiro atoms. The maximum absolute atomic E-state index is 10.4. The van der Waals surface area contributed by atoms with Crippen molar-refractivity contribution in [3.8, 4) is 0 Å². The second kappa shape index (κ2) is 5.50. The van der Waals surface area contributed by atoms with Crippen molar-refractivity contribution >= 4 is 0 Å². The van der Waals surface area contributed by atoms with E-state index in [1.807, 2.05) is 0 Å². The molecule has 5 unspecified atom stereocenters. The van der Waals surface area contributed by atoms with E-state index in [4.69, 9.17) is 4.74 Å². The molecule has 1 saturated carbocycles. The van der Waals surface area contributed by atoms with Crippen LogP contribution in [0.5, 0.6) is 0 Å². The predicted octanol–water partition coefficient (Wildman–Crippen LogP) is 2.99. The summed E-state index contributed by atoms with van der Waals surface area (Å²) >= 11 is 0. The molecular formula is C14H26O2. The highest BCUT2D eigenvalue weighted by atomic mass is 16.5. The topological polar surface area (TPSA) is 29.5 Å². The Morgan fingerprint density at radius 1 is 1.06 bits per heavy atom. The maximum atomic E-state index is 10.4. The summed E-state index contributed by atoms with van der Waals surface area (Å²) in [5, 5.41) is 10.4. The summed E-state index contributed by atoms with van der Waals surface area (Å²) < 4.78 is 5.71. The maximum Gasteiger partial charge on any atom is 0.0836 e. The van der Waals surface area contributed by atoms with Gasteiger partial charge < -0.3 is 9.84 Å². The Labute approximate surface area is 99.4 Å². The van der Waals surface area contributed by atoms with E-state index in [0.717, 1.165) is 24.9 Å². The van der Waals surface area contributed by atoms with Crippen molar-refractivity contribution in [2.45, 2.75) is 64.6 Å². The Morgan fingerprint density at radius 2 is 1.88 bits per heavy atom. The zero-order chi connectivity index (χ0) is 11.5. The molecule has 0 aromatic heterocycles. The van der Waals surface area contributed by atoms with Gasteiger partial charge in [0.1, 0.15) is 0 Å². The highest BCUT2D eigenvalue weighted by Crippen LogP contribution is 2.37. The summed E-state index contributed by atoms with van der Waals surface area (Å²) in [5.74, 6) is 2.07. The van der Waals surface area contributed by atoms with Gasteiger partial charge in [-0.1, -0.05) is 20.3 Å². The lowest BCUT2D eigenvalue weighted by Crippen LogP contribution is -2.40. The van der Waals surface area contributed by atoms with Gasteiger partial charge in [0, 0.05) is 6.61 Å². The molecule has 1 N–H and O–H groups in total. The first kappa shape index (κ1) is 12.4. The average Bonchev–Trinajstić information content (AvgIpc) is 2.33. The average molecular weight is 226 g/mol. The largest absolute Gasteiger partial charge is 0.390 e. The van der Waals surface area contributed by atoms with Gasteiger partial charge in [0.05, 0.1) is 12.2 Å². The van der Waals surface area contributed by atoms with E-state index in [9.17, 15) is 5.11 Å². The highest BCUT2D eigenvalue weighted by Gasteiger charge is 2.34. The van der Waals surface area contributed by atoms with Gasteiger partial charge in [-0.2, -0.15) is 0 Å². The van der Waals surface area contributed by atoms with Crippen LogP contribution in [0.25, 0.3) is 0 Å². The Balaban J connectivity index is 1.86. The molecule has 2 fully saturated rings. The van der Waals surface area contributed by atoms with Gasteiger partial charge in [-0.25, -0.2) is 0 Å². The Hall–Kier alpha value is -0.0800. The Bertz CT molecular complexity index is 211. The van der Waals surface area contributed by atoms with Gasteiger partial charge in [0.2, 0.25) is 0 Å². The van der Waals surface area contributed by atoms with E-state index in [2.05, 4.69) is 13.8 Å². The van der Waals surface area contributed by atoms with Crippen molar-refractivity contribution in [1.29, 1.82) is 0 Å². The van der Waals surface area contributed by atoms with Crippen LogP contribution in [0.4, 0.5) is 0 Å². The van der Waals surface area contributed by atoms with Crippen LogP contribution in [-0.4, -0.2) is 23.9 Å². The quantitative estimate of drug-likeness (QED) is 0.784. The van der Waals surface area contributed by atoms with Crippen LogP contribution in [-0.2, 0) is 4.74 Å². The lowest BCUT2D eigenvalue weighted by atomic mass is 9.72. The van der Waals surface area contributed by atoms with Gasteiger partial charge in [-0.3, -0.25) is 0 Å². The minimum absolute atomic E-state index is 0.124. The van der Waals surface area contributed by atoms with E-state index < -0.39 is 0 Å². The molecule has 0 aromatic carbocycles. The van der Waals surface area contributed by atoms with E-state index in [1.165, 1.54) is 32.1 Å². The molecule has 2 nitrogen and oxygen atoms in total. The van der Waals surface area contributed by atoms with Crippen LogP contribution in [0.3, 0.4) is 0 Å². The number of hydrogen-bond donors (Lipinski definition) is 1. The molecule has 1 aliphatic carbocycles. The number of rotatable bonds is 2. The molecule has 0 bridgehead atoms. The Morgan fingerprint density at radius 3 is 2.50 bits per heavy atom. The Kier molecular flexibility index (Phi) is 4.26.